The van der Waals surface area contributed by atoms with Crippen LogP contribution in [0.4, 0.5) is 8.78 Å². The molecule has 0 radical (unpaired) electrons. The van der Waals surface area contributed by atoms with Gasteiger partial charge in [-0.05, 0) is 32.0 Å². The number of halogens is 2. The number of nitrogens with zero attached hydrogens (tertiary/aromatic N) is 1. The molecule has 1 aliphatic rings. The summed E-state index contributed by atoms with van der Waals surface area (Å²) in [6.45, 7) is 4.06. The monoisotopic (exact) mass is 298 g/mol. The SMILES string of the molecule is COC(=O)C(C)(c1c(F)cccc1F)N1CCCNCC1. The summed E-state index contributed by atoms with van der Waals surface area (Å²) < 4.78 is 33.3. The molecule has 4 nitrogen and oxygen atoms in total. The van der Waals surface area contributed by atoms with Gasteiger partial charge in [0.1, 0.15) is 17.2 Å². The molecule has 1 heterocycles. The number of rotatable bonds is 3. The zero-order valence-corrected chi connectivity index (χ0v) is 12.3. The van der Waals surface area contributed by atoms with E-state index in [2.05, 4.69) is 5.32 Å². The fourth-order valence-electron chi connectivity index (χ4n) is 2.84. The summed E-state index contributed by atoms with van der Waals surface area (Å²) in [5.41, 5.74) is -1.73. The van der Waals surface area contributed by atoms with E-state index in [1.165, 1.54) is 20.1 Å². The van der Waals surface area contributed by atoms with Crippen molar-refractivity contribution < 1.29 is 18.3 Å². The van der Waals surface area contributed by atoms with Crippen molar-refractivity contribution in [1.82, 2.24) is 10.2 Å². The molecule has 116 valence electrons. The number of benzene rings is 1. The van der Waals surface area contributed by atoms with Crippen LogP contribution in [0.5, 0.6) is 0 Å². The topological polar surface area (TPSA) is 41.6 Å². The largest absolute Gasteiger partial charge is 0.467 e. The molecule has 1 saturated heterocycles. The lowest BCUT2D eigenvalue weighted by molar-refractivity contribution is -0.155. The van der Waals surface area contributed by atoms with E-state index in [0.29, 0.717) is 19.6 Å². The van der Waals surface area contributed by atoms with Crippen molar-refractivity contribution in [3.05, 3.63) is 35.4 Å². The van der Waals surface area contributed by atoms with Crippen LogP contribution in [0.3, 0.4) is 0 Å². The van der Waals surface area contributed by atoms with Crippen LogP contribution in [0.25, 0.3) is 0 Å². The minimum Gasteiger partial charge on any atom is -0.467 e. The molecule has 1 fully saturated rings. The predicted octanol–water partition coefficient (Wildman–Crippen LogP) is 1.65. The first kappa shape index (κ1) is 15.9. The first-order valence-corrected chi connectivity index (χ1v) is 7.00. The number of methoxy groups -OCH3 is 1. The number of hydrogen-bond acceptors (Lipinski definition) is 4. The smallest absolute Gasteiger partial charge is 0.330 e. The molecule has 1 aliphatic heterocycles. The van der Waals surface area contributed by atoms with Crippen LogP contribution in [-0.4, -0.2) is 44.2 Å². The van der Waals surface area contributed by atoms with Gasteiger partial charge in [-0.2, -0.15) is 0 Å². The molecule has 0 amide bonds. The van der Waals surface area contributed by atoms with E-state index in [-0.39, 0.29) is 5.56 Å². The highest BCUT2D eigenvalue weighted by Crippen LogP contribution is 2.34. The molecule has 6 heteroatoms. The van der Waals surface area contributed by atoms with Crippen LogP contribution in [0.2, 0.25) is 0 Å². The maximum absolute atomic E-state index is 14.2. The quantitative estimate of drug-likeness (QED) is 0.862. The summed E-state index contributed by atoms with van der Waals surface area (Å²) in [4.78, 5) is 14.1. The highest BCUT2D eigenvalue weighted by Gasteiger charge is 2.46. The van der Waals surface area contributed by atoms with Gasteiger partial charge < -0.3 is 10.1 Å². The lowest BCUT2D eigenvalue weighted by Crippen LogP contribution is -2.52. The van der Waals surface area contributed by atoms with E-state index in [0.717, 1.165) is 25.1 Å². The number of nitrogens with one attached hydrogen (secondary N) is 1. The number of esters is 1. The summed E-state index contributed by atoms with van der Waals surface area (Å²) in [5, 5.41) is 3.21. The summed E-state index contributed by atoms with van der Waals surface area (Å²) in [6.07, 6.45) is 0.794. The van der Waals surface area contributed by atoms with Gasteiger partial charge in [0.2, 0.25) is 0 Å². The second-order valence-corrected chi connectivity index (χ2v) is 5.25. The first-order valence-electron chi connectivity index (χ1n) is 7.00. The molecule has 1 atom stereocenters. The van der Waals surface area contributed by atoms with Crippen molar-refractivity contribution in [2.24, 2.45) is 0 Å². The van der Waals surface area contributed by atoms with E-state index in [4.69, 9.17) is 4.74 Å². The number of carbonyl (C=O) groups excluding carboxylic acids is 1. The lowest BCUT2D eigenvalue weighted by Gasteiger charge is -2.38. The summed E-state index contributed by atoms with van der Waals surface area (Å²) in [6, 6.07) is 3.61. The molecule has 0 aromatic heterocycles. The Bertz CT molecular complexity index is 496. The highest BCUT2D eigenvalue weighted by atomic mass is 19.1. The van der Waals surface area contributed by atoms with Crippen molar-refractivity contribution in [2.45, 2.75) is 18.9 Å². The van der Waals surface area contributed by atoms with Gasteiger partial charge in [-0.15, -0.1) is 0 Å². The average Bonchev–Trinajstić information content (AvgIpc) is 2.75. The van der Waals surface area contributed by atoms with Crippen LogP contribution in [-0.2, 0) is 15.1 Å². The third-order valence-corrected chi connectivity index (χ3v) is 4.00. The first-order chi connectivity index (χ1) is 10.0. The average molecular weight is 298 g/mol. The Morgan fingerprint density at radius 2 is 1.95 bits per heavy atom. The third-order valence-electron chi connectivity index (χ3n) is 4.00. The molecule has 2 rings (SSSR count). The van der Waals surface area contributed by atoms with Gasteiger partial charge in [0.05, 0.1) is 12.7 Å². The van der Waals surface area contributed by atoms with E-state index in [1.807, 2.05) is 0 Å². The van der Waals surface area contributed by atoms with E-state index >= 15 is 0 Å². The zero-order chi connectivity index (χ0) is 15.5. The van der Waals surface area contributed by atoms with Crippen molar-refractivity contribution >= 4 is 5.97 Å². The lowest BCUT2D eigenvalue weighted by atomic mass is 9.88. The minimum atomic E-state index is -1.48. The van der Waals surface area contributed by atoms with Crippen molar-refractivity contribution in [2.75, 3.05) is 33.3 Å². The molecule has 0 bridgehead atoms. The maximum atomic E-state index is 14.2. The van der Waals surface area contributed by atoms with E-state index < -0.39 is 23.1 Å². The van der Waals surface area contributed by atoms with Crippen LogP contribution < -0.4 is 5.32 Å². The molecule has 1 unspecified atom stereocenters. The van der Waals surface area contributed by atoms with Crippen LogP contribution >= 0.6 is 0 Å². The van der Waals surface area contributed by atoms with Gasteiger partial charge in [0.25, 0.3) is 0 Å². The Labute approximate surface area is 123 Å². The minimum absolute atomic E-state index is 0.251. The fraction of sp³-hybridized carbons (Fsp3) is 0.533. The molecule has 21 heavy (non-hydrogen) atoms. The highest BCUT2D eigenvalue weighted by molar-refractivity contribution is 5.82. The Balaban J connectivity index is 2.53. The summed E-state index contributed by atoms with van der Waals surface area (Å²) in [5.74, 6) is -2.13. The molecular formula is C15H20F2N2O2. The fourth-order valence-corrected chi connectivity index (χ4v) is 2.84. The Morgan fingerprint density at radius 1 is 1.29 bits per heavy atom. The van der Waals surface area contributed by atoms with Gasteiger partial charge in [-0.1, -0.05) is 6.07 Å². The van der Waals surface area contributed by atoms with Crippen LogP contribution in [0, 0.1) is 11.6 Å². The molecule has 1 aromatic carbocycles. The van der Waals surface area contributed by atoms with Gasteiger partial charge in [-0.25, -0.2) is 13.6 Å². The predicted molar refractivity (Wildman–Crippen MR) is 74.8 cm³/mol. The number of carbonyl (C=O) groups is 1. The molecule has 0 spiro atoms. The van der Waals surface area contributed by atoms with Crippen LogP contribution in [0.1, 0.15) is 18.9 Å². The molecule has 1 aromatic rings. The molecular weight excluding hydrogens is 278 g/mol. The Morgan fingerprint density at radius 3 is 2.57 bits per heavy atom. The second-order valence-electron chi connectivity index (χ2n) is 5.25. The zero-order valence-electron chi connectivity index (χ0n) is 12.3. The van der Waals surface area contributed by atoms with Crippen molar-refractivity contribution in [1.29, 1.82) is 0 Å². The molecule has 1 N–H and O–H groups in total. The standard InChI is InChI=1S/C15H20F2N2O2/c1-15(14(20)21-2,19-9-4-7-18-8-10-19)13-11(16)5-3-6-12(13)17/h3,5-6,18H,4,7-10H2,1-2H3. The summed E-state index contributed by atoms with van der Waals surface area (Å²) in [7, 11) is 1.23. The van der Waals surface area contributed by atoms with E-state index in [1.54, 1.807) is 4.90 Å². The normalized spacial score (nSPS) is 19.6. The number of hydrogen-bond donors (Lipinski definition) is 1. The van der Waals surface area contributed by atoms with Crippen molar-refractivity contribution in [3.63, 3.8) is 0 Å². The van der Waals surface area contributed by atoms with Crippen LogP contribution in [0.15, 0.2) is 18.2 Å². The Hall–Kier alpha value is -1.53. The maximum Gasteiger partial charge on any atom is 0.330 e. The van der Waals surface area contributed by atoms with E-state index in [9.17, 15) is 13.6 Å². The van der Waals surface area contributed by atoms with Gasteiger partial charge >= 0.3 is 5.97 Å². The summed E-state index contributed by atoms with van der Waals surface area (Å²) >= 11 is 0. The molecule has 0 saturated carbocycles. The van der Waals surface area contributed by atoms with Crippen molar-refractivity contribution in [3.8, 4) is 0 Å². The third kappa shape index (κ3) is 2.91. The molecule has 0 aliphatic carbocycles. The van der Waals surface area contributed by atoms with Gasteiger partial charge in [0.15, 0.2) is 0 Å². The van der Waals surface area contributed by atoms with Gasteiger partial charge in [-0.3, -0.25) is 4.90 Å². The Kier molecular flexibility index (Phi) is 4.90. The number of ether oxygens (including phenoxy) is 1. The second kappa shape index (κ2) is 6.49. The van der Waals surface area contributed by atoms with Gasteiger partial charge in [0, 0.05) is 19.6 Å².